The summed E-state index contributed by atoms with van der Waals surface area (Å²) in [5.41, 5.74) is 4.25. The fourth-order valence-corrected chi connectivity index (χ4v) is 3.52. The lowest BCUT2D eigenvalue weighted by atomic mass is 10.0. The van der Waals surface area contributed by atoms with Gasteiger partial charge in [-0.25, -0.2) is 0 Å². The predicted octanol–water partition coefficient (Wildman–Crippen LogP) is 4.58. The van der Waals surface area contributed by atoms with Crippen molar-refractivity contribution < 1.29 is 14.3 Å². The molecule has 2 rings (SSSR count). The number of nitrogens with one attached hydrogen (secondary N) is 1. The number of hydrogen-bond donors (Lipinski definition) is 1. The molecule has 5 nitrogen and oxygen atoms in total. The summed E-state index contributed by atoms with van der Waals surface area (Å²) in [4.78, 5) is 28.2. The van der Waals surface area contributed by atoms with Gasteiger partial charge >= 0.3 is 0 Å². The van der Waals surface area contributed by atoms with E-state index in [9.17, 15) is 9.59 Å². The Kier molecular flexibility index (Phi) is 9.10. The van der Waals surface area contributed by atoms with E-state index in [1.165, 1.54) is 5.56 Å². The summed E-state index contributed by atoms with van der Waals surface area (Å²) in [6.45, 7) is 10.4. The van der Waals surface area contributed by atoms with Crippen LogP contribution in [0.4, 0.5) is 0 Å². The summed E-state index contributed by atoms with van der Waals surface area (Å²) in [5, 5.41) is 3.05. The number of carbonyl (C=O) groups excluding carboxylic acids is 2. The highest BCUT2D eigenvalue weighted by molar-refractivity contribution is 5.88. The smallest absolute Gasteiger partial charge is 0.243 e. The van der Waals surface area contributed by atoms with Crippen LogP contribution in [0.25, 0.3) is 0 Å². The van der Waals surface area contributed by atoms with E-state index in [1.807, 2.05) is 64.1 Å². The second kappa shape index (κ2) is 11.5. The first-order valence-electron chi connectivity index (χ1n) is 11.1. The number of rotatable bonds is 10. The van der Waals surface area contributed by atoms with E-state index in [1.54, 1.807) is 12.0 Å². The Morgan fingerprint density at radius 2 is 1.74 bits per heavy atom. The van der Waals surface area contributed by atoms with Gasteiger partial charge in [0.05, 0.1) is 13.5 Å². The maximum Gasteiger partial charge on any atom is 0.243 e. The van der Waals surface area contributed by atoms with Crippen molar-refractivity contribution in [1.29, 1.82) is 0 Å². The van der Waals surface area contributed by atoms with E-state index in [-0.39, 0.29) is 24.3 Å². The highest BCUT2D eigenvalue weighted by Crippen LogP contribution is 2.19. The first-order chi connectivity index (χ1) is 14.8. The van der Waals surface area contributed by atoms with Crippen LogP contribution in [0.1, 0.15) is 55.9 Å². The summed E-state index contributed by atoms with van der Waals surface area (Å²) in [6.07, 6.45) is 1.65. The zero-order valence-corrected chi connectivity index (χ0v) is 19.7. The predicted molar refractivity (Wildman–Crippen MR) is 125 cm³/mol. The highest BCUT2D eigenvalue weighted by atomic mass is 16.5. The Labute approximate surface area is 186 Å². The Morgan fingerprint density at radius 1 is 1.00 bits per heavy atom. The number of nitrogens with zero attached hydrogens (tertiary/aromatic N) is 1. The van der Waals surface area contributed by atoms with Gasteiger partial charge in [-0.3, -0.25) is 9.59 Å². The molecular formula is C26H36N2O3. The molecule has 0 heterocycles. The number of methoxy groups -OCH3 is 1. The number of ether oxygens (including phenoxy) is 1. The Hall–Kier alpha value is -2.82. The van der Waals surface area contributed by atoms with Gasteiger partial charge in [0.1, 0.15) is 11.8 Å². The molecule has 0 aliphatic carbocycles. The van der Waals surface area contributed by atoms with E-state index in [0.717, 1.165) is 28.9 Å². The molecule has 0 bridgehead atoms. The molecule has 0 saturated heterocycles. The number of carbonyl (C=O) groups is 2. The minimum atomic E-state index is -0.528. The minimum Gasteiger partial charge on any atom is -0.497 e. The lowest BCUT2D eigenvalue weighted by Gasteiger charge is -2.31. The van der Waals surface area contributed by atoms with Gasteiger partial charge in [-0.05, 0) is 68.0 Å². The average Bonchev–Trinajstić information content (AvgIpc) is 2.76. The lowest BCUT2D eigenvalue weighted by Crippen LogP contribution is -2.51. The molecule has 31 heavy (non-hydrogen) atoms. The fraction of sp³-hybridized carbons (Fsp3) is 0.462. The summed E-state index contributed by atoms with van der Waals surface area (Å²) >= 11 is 0. The highest BCUT2D eigenvalue weighted by Gasteiger charge is 2.29. The van der Waals surface area contributed by atoms with Crippen LogP contribution in [0.3, 0.4) is 0 Å². The van der Waals surface area contributed by atoms with Gasteiger partial charge in [-0.15, -0.1) is 0 Å². The molecule has 0 aliphatic heterocycles. The molecule has 0 aliphatic rings. The molecule has 0 saturated carbocycles. The number of aryl methyl sites for hydroxylation is 2. The van der Waals surface area contributed by atoms with Gasteiger partial charge in [0.25, 0.3) is 0 Å². The average molecular weight is 425 g/mol. The van der Waals surface area contributed by atoms with Crippen molar-refractivity contribution >= 4 is 11.8 Å². The third-order valence-corrected chi connectivity index (χ3v) is 5.80. The van der Waals surface area contributed by atoms with Crippen molar-refractivity contribution in [3.63, 3.8) is 0 Å². The molecule has 2 amide bonds. The molecule has 2 aromatic rings. The van der Waals surface area contributed by atoms with Crippen LogP contribution in [-0.4, -0.2) is 35.9 Å². The van der Waals surface area contributed by atoms with E-state index in [2.05, 4.69) is 18.3 Å². The second-order valence-electron chi connectivity index (χ2n) is 8.21. The summed E-state index contributed by atoms with van der Waals surface area (Å²) in [7, 11) is 1.62. The molecule has 0 radical (unpaired) electrons. The first-order valence-corrected chi connectivity index (χ1v) is 11.1. The Morgan fingerprint density at radius 3 is 2.35 bits per heavy atom. The molecule has 168 valence electrons. The third kappa shape index (κ3) is 6.84. The van der Waals surface area contributed by atoms with Crippen LogP contribution >= 0.6 is 0 Å². The molecule has 0 aromatic heterocycles. The molecule has 2 atom stereocenters. The third-order valence-electron chi connectivity index (χ3n) is 5.80. The zero-order valence-electron chi connectivity index (χ0n) is 19.7. The van der Waals surface area contributed by atoms with Crippen LogP contribution in [0, 0.1) is 13.8 Å². The quantitative estimate of drug-likeness (QED) is 0.607. The normalized spacial score (nSPS) is 12.7. The maximum atomic E-state index is 13.4. The van der Waals surface area contributed by atoms with Crippen LogP contribution in [0.2, 0.25) is 0 Å². The molecule has 2 unspecified atom stereocenters. The fourth-order valence-electron chi connectivity index (χ4n) is 3.52. The van der Waals surface area contributed by atoms with Crippen molar-refractivity contribution in [1.82, 2.24) is 10.2 Å². The Balaban J connectivity index is 2.33. The second-order valence-corrected chi connectivity index (χ2v) is 8.21. The Bertz CT molecular complexity index is 894. The van der Waals surface area contributed by atoms with Crippen LogP contribution in [0.5, 0.6) is 5.75 Å². The topological polar surface area (TPSA) is 58.6 Å². The van der Waals surface area contributed by atoms with Crippen molar-refractivity contribution in [2.24, 2.45) is 0 Å². The monoisotopic (exact) mass is 424 g/mol. The lowest BCUT2D eigenvalue weighted by molar-refractivity contribution is -0.141. The van der Waals surface area contributed by atoms with Gasteiger partial charge in [-0.2, -0.15) is 0 Å². The molecule has 0 fully saturated rings. The van der Waals surface area contributed by atoms with Crippen molar-refractivity contribution in [2.45, 2.75) is 72.5 Å². The van der Waals surface area contributed by atoms with Crippen LogP contribution < -0.4 is 10.1 Å². The standard InChI is InChI=1S/C26H36N2O3/c1-7-20(5)27-26(30)24(8-2)28(17-22-10-9-11-23(15-22)31-6)25(29)16-21-13-12-18(3)19(4)14-21/h9-15,20,24H,7-8,16-17H2,1-6H3,(H,27,30). The van der Waals surface area contributed by atoms with Crippen molar-refractivity contribution in [3.05, 3.63) is 64.7 Å². The number of hydrogen-bond acceptors (Lipinski definition) is 3. The maximum absolute atomic E-state index is 13.4. The van der Waals surface area contributed by atoms with E-state index >= 15 is 0 Å². The van der Waals surface area contributed by atoms with Gasteiger partial charge < -0.3 is 15.0 Å². The van der Waals surface area contributed by atoms with Crippen LogP contribution in [-0.2, 0) is 22.6 Å². The number of amides is 2. The van der Waals surface area contributed by atoms with Gasteiger partial charge in [-0.1, -0.05) is 44.2 Å². The van der Waals surface area contributed by atoms with Crippen LogP contribution in [0.15, 0.2) is 42.5 Å². The minimum absolute atomic E-state index is 0.0581. The van der Waals surface area contributed by atoms with E-state index in [0.29, 0.717) is 13.0 Å². The van der Waals surface area contributed by atoms with Crippen molar-refractivity contribution in [2.75, 3.05) is 7.11 Å². The SMILES string of the molecule is CCC(C)NC(=O)C(CC)N(Cc1cccc(OC)c1)C(=O)Cc1ccc(C)c(C)c1. The van der Waals surface area contributed by atoms with Gasteiger partial charge in [0.2, 0.25) is 11.8 Å². The number of benzene rings is 2. The molecular weight excluding hydrogens is 388 g/mol. The molecule has 1 N–H and O–H groups in total. The molecule has 5 heteroatoms. The summed E-state index contributed by atoms with van der Waals surface area (Å²) in [6, 6.07) is 13.3. The first kappa shape index (κ1) is 24.4. The largest absolute Gasteiger partial charge is 0.497 e. The van der Waals surface area contributed by atoms with Crippen molar-refractivity contribution in [3.8, 4) is 5.75 Å². The molecule has 0 spiro atoms. The summed E-state index contributed by atoms with van der Waals surface area (Å²) in [5.74, 6) is 0.571. The van der Waals surface area contributed by atoms with Gasteiger partial charge in [0, 0.05) is 12.6 Å². The molecule has 2 aromatic carbocycles. The summed E-state index contributed by atoms with van der Waals surface area (Å²) < 4.78 is 5.34. The van der Waals surface area contributed by atoms with Gasteiger partial charge in [0.15, 0.2) is 0 Å². The van der Waals surface area contributed by atoms with E-state index < -0.39 is 6.04 Å². The van der Waals surface area contributed by atoms with E-state index in [4.69, 9.17) is 4.74 Å². The zero-order chi connectivity index (χ0) is 23.0.